The standard InChI is InChI=1S/C19H18FN3O2S/c1-10-5-6-11(9-13(10)20)21-16(24)8-7-15-22-18(25)17-12-3-2-4-14(12)26-19(17)23-15/h5-6,9H,2-4,7-8H2,1H3,(H,21,24)(H,22,23,25). The Morgan fingerprint density at radius 2 is 2.23 bits per heavy atom. The highest BCUT2D eigenvalue weighted by Crippen LogP contribution is 2.34. The first-order valence-electron chi connectivity index (χ1n) is 8.60. The van der Waals surface area contributed by atoms with Gasteiger partial charge in [-0.15, -0.1) is 11.3 Å². The molecule has 0 saturated heterocycles. The molecule has 134 valence electrons. The van der Waals surface area contributed by atoms with Crippen LogP contribution in [0.3, 0.4) is 0 Å². The molecular formula is C19H18FN3O2S. The summed E-state index contributed by atoms with van der Waals surface area (Å²) in [4.78, 5) is 33.8. The molecule has 2 heterocycles. The van der Waals surface area contributed by atoms with Gasteiger partial charge in [-0.3, -0.25) is 9.59 Å². The number of anilines is 1. The second-order valence-corrected chi connectivity index (χ2v) is 7.65. The number of nitrogens with one attached hydrogen (secondary N) is 2. The molecule has 0 unspecified atom stereocenters. The smallest absolute Gasteiger partial charge is 0.259 e. The number of benzene rings is 1. The number of carbonyl (C=O) groups is 1. The molecule has 0 saturated carbocycles. The summed E-state index contributed by atoms with van der Waals surface area (Å²) in [5.74, 6) is -0.0951. The van der Waals surface area contributed by atoms with E-state index in [0.29, 0.717) is 28.9 Å². The van der Waals surface area contributed by atoms with Crippen molar-refractivity contribution < 1.29 is 9.18 Å². The monoisotopic (exact) mass is 371 g/mol. The van der Waals surface area contributed by atoms with Crippen molar-refractivity contribution >= 4 is 33.1 Å². The highest BCUT2D eigenvalue weighted by Gasteiger charge is 2.21. The Hall–Kier alpha value is -2.54. The number of hydrogen-bond acceptors (Lipinski definition) is 4. The molecule has 3 aromatic rings. The molecule has 0 spiro atoms. The van der Waals surface area contributed by atoms with E-state index in [-0.39, 0.29) is 23.7 Å². The molecule has 0 radical (unpaired) electrons. The number of amides is 1. The Morgan fingerprint density at radius 3 is 3.04 bits per heavy atom. The highest BCUT2D eigenvalue weighted by atomic mass is 32.1. The number of nitrogens with zero attached hydrogens (tertiary/aromatic N) is 1. The fourth-order valence-electron chi connectivity index (χ4n) is 3.29. The maximum atomic E-state index is 13.5. The summed E-state index contributed by atoms with van der Waals surface area (Å²) >= 11 is 1.58. The minimum atomic E-state index is -0.356. The van der Waals surface area contributed by atoms with Crippen LogP contribution < -0.4 is 10.9 Å². The van der Waals surface area contributed by atoms with E-state index in [9.17, 15) is 14.0 Å². The van der Waals surface area contributed by atoms with Crippen molar-refractivity contribution in [3.05, 3.63) is 56.2 Å². The van der Waals surface area contributed by atoms with Gasteiger partial charge in [0.05, 0.1) is 5.39 Å². The van der Waals surface area contributed by atoms with Crippen LogP contribution in [0.2, 0.25) is 0 Å². The molecule has 0 aliphatic heterocycles. The van der Waals surface area contributed by atoms with Gasteiger partial charge in [-0.1, -0.05) is 6.07 Å². The summed E-state index contributed by atoms with van der Waals surface area (Å²) in [5.41, 5.74) is 1.97. The zero-order chi connectivity index (χ0) is 18.3. The number of hydrogen-bond donors (Lipinski definition) is 2. The molecule has 0 bridgehead atoms. The SMILES string of the molecule is Cc1ccc(NC(=O)CCc2nc3sc4c(c3c(=O)[nH]2)CCC4)cc1F. The minimum absolute atomic E-state index is 0.120. The van der Waals surface area contributed by atoms with Gasteiger partial charge in [-0.05, 0) is 49.4 Å². The van der Waals surface area contributed by atoms with Crippen LogP contribution in [0, 0.1) is 12.7 Å². The van der Waals surface area contributed by atoms with Gasteiger partial charge in [-0.25, -0.2) is 9.37 Å². The van der Waals surface area contributed by atoms with E-state index >= 15 is 0 Å². The van der Waals surface area contributed by atoms with E-state index in [1.54, 1.807) is 30.4 Å². The number of thiophene rings is 1. The van der Waals surface area contributed by atoms with Gasteiger partial charge in [0.15, 0.2) is 0 Å². The summed E-state index contributed by atoms with van der Waals surface area (Å²) < 4.78 is 13.5. The lowest BCUT2D eigenvalue weighted by atomic mass is 10.2. The first-order chi connectivity index (χ1) is 12.5. The lowest BCUT2D eigenvalue weighted by Gasteiger charge is -2.06. The number of aromatic nitrogens is 2. The van der Waals surface area contributed by atoms with Crippen molar-refractivity contribution in [3.8, 4) is 0 Å². The lowest BCUT2D eigenvalue weighted by Crippen LogP contribution is -2.16. The average Bonchev–Trinajstić information content (AvgIpc) is 3.17. The van der Waals surface area contributed by atoms with Crippen LogP contribution in [0.5, 0.6) is 0 Å². The van der Waals surface area contributed by atoms with E-state index < -0.39 is 0 Å². The maximum Gasteiger partial charge on any atom is 0.259 e. The van der Waals surface area contributed by atoms with Crippen molar-refractivity contribution in [2.45, 2.75) is 39.0 Å². The molecule has 5 nitrogen and oxygen atoms in total. The van der Waals surface area contributed by atoms with Crippen LogP contribution in [-0.2, 0) is 24.1 Å². The Balaban J connectivity index is 1.46. The zero-order valence-electron chi connectivity index (χ0n) is 14.3. The van der Waals surface area contributed by atoms with Crippen LogP contribution in [0.15, 0.2) is 23.0 Å². The summed E-state index contributed by atoms with van der Waals surface area (Å²) in [5, 5.41) is 3.38. The topological polar surface area (TPSA) is 74.8 Å². The molecule has 7 heteroatoms. The molecule has 2 aromatic heterocycles. The molecule has 0 atom stereocenters. The highest BCUT2D eigenvalue weighted by molar-refractivity contribution is 7.18. The number of halogens is 1. The number of aryl methyl sites for hydroxylation is 4. The van der Waals surface area contributed by atoms with E-state index in [0.717, 1.165) is 29.7 Å². The fraction of sp³-hybridized carbons (Fsp3) is 0.316. The molecular weight excluding hydrogens is 353 g/mol. The van der Waals surface area contributed by atoms with Crippen molar-refractivity contribution in [3.63, 3.8) is 0 Å². The molecule has 2 N–H and O–H groups in total. The van der Waals surface area contributed by atoms with Crippen molar-refractivity contribution in [2.24, 2.45) is 0 Å². The van der Waals surface area contributed by atoms with E-state index in [4.69, 9.17) is 0 Å². The van der Waals surface area contributed by atoms with Gasteiger partial charge in [0.25, 0.3) is 5.56 Å². The van der Waals surface area contributed by atoms with Crippen molar-refractivity contribution in [1.29, 1.82) is 0 Å². The quantitative estimate of drug-likeness (QED) is 0.737. The van der Waals surface area contributed by atoms with Gasteiger partial charge < -0.3 is 10.3 Å². The second kappa shape index (κ2) is 6.64. The first kappa shape index (κ1) is 16.9. The van der Waals surface area contributed by atoms with Crippen LogP contribution in [-0.4, -0.2) is 15.9 Å². The van der Waals surface area contributed by atoms with E-state index in [1.807, 2.05) is 0 Å². The largest absolute Gasteiger partial charge is 0.326 e. The molecule has 1 aliphatic rings. The average molecular weight is 371 g/mol. The number of rotatable bonds is 4. The summed E-state index contributed by atoms with van der Waals surface area (Å²) in [6.07, 6.45) is 3.54. The van der Waals surface area contributed by atoms with Gasteiger partial charge >= 0.3 is 0 Å². The first-order valence-corrected chi connectivity index (χ1v) is 9.42. The van der Waals surface area contributed by atoms with Gasteiger partial charge in [0, 0.05) is 23.4 Å². The number of H-pyrrole nitrogens is 1. The second-order valence-electron chi connectivity index (χ2n) is 6.56. The Kier molecular flexibility index (Phi) is 4.32. The van der Waals surface area contributed by atoms with Crippen LogP contribution in [0.4, 0.5) is 10.1 Å². The number of fused-ring (bicyclic) bond motifs is 3. The third-order valence-electron chi connectivity index (χ3n) is 4.67. The molecule has 1 aliphatic carbocycles. The summed E-state index contributed by atoms with van der Waals surface area (Å²) in [7, 11) is 0. The minimum Gasteiger partial charge on any atom is -0.326 e. The number of aromatic amines is 1. The number of carbonyl (C=O) groups excluding carboxylic acids is 1. The van der Waals surface area contributed by atoms with Crippen molar-refractivity contribution in [2.75, 3.05) is 5.32 Å². The van der Waals surface area contributed by atoms with Crippen molar-refractivity contribution in [1.82, 2.24) is 9.97 Å². The molecule has 1 aromatic carbocycles. The maximum absolute atomic E-state index is 13.5. The van der Waals surface area contributed by atoms with Gasteiger partial charge in [0.2, 0.25) is 5.91 Å². The predicted octanol–water partition coefficient (Wildman–Crippen LogP) is 3.49. The normalized spacial score (nSPS) is 13.2. The summed E-state index contributed by atoms with van der Waals surface area (Å²) in [6.45, 7) is 1.67. The predicted molar refractivity (Wildman–Crippen MR) is 100 cm³/mol. The fourth-order valence-corrected chi connectivity index (χ4v) is 4.57. The lowest BCUT2D eigenvalue weighted by molar-refractivity contribution is -0.116. The third-order valence-corrected chi connectivity index (χ3v) is 5.85. The molecule has 4 rings (SSSR count). The van der Waals surface area contributed by atoms with E-state index in [2.05, 4.69) is 15.3 Å². The van der Waals surface area contributed by atoms with Crippen LogP contribution >= 0.6 is 11.3 Å². The van der Waals surface area contributed by atoms with Crippen LogP contribution in [0.1, 0.15) is 34.7 Å². The zero-order valence-corrected chi connectivity index (χ0v) is 15.1. The van der Waals surface area contributed by atoms with Gasteiger partial charge in [0.1, 0.15) is 16.5 Å². The Bertz CT molecular complexity index is 1070. The molecule has 1 amide bonds. The molecule has 26 heavy (non-hydrogen) atoms. The third kappa shape index (κ3) is 3.14. The van der Waals surface area contributed by atoms with E-state index in [1.165, 1.54) is 10.9 Å². The molecule has 0 fully saturated rings. The summed E-state index contributed by atoms with van der Waals surface area (Å²) in [6, 6.07) is 4.58. The Labute approximate surface area is 153 Å². The Morgan fingerprint density at radius 1 is 1.38 bits per heavy atom. The van der Waals surface area contributed by atoms with Gasteiger partial charge in [-0.2, -0.15) is 0 Å². The van der Waals surface area contributed by atoms with Crippen LogP contribution in [0.25, 0.3) is 10.2 Å².